The average molecular weight is 301 g/mol. The predicted molar refractivity (Wildman–Crippen MR) is 78.7 cm³/mol. The van der Waals surface area contributed by atoms with Crippen LogP contribution in [0.25, 0.3) is 0 Å². The molecule has 1 aliphatic rings. The Morgan fingerprint density at radius 2 is 1.91 bits per heavy atom. The number of nitrogens with zero attached hydrogens (tertiary/aromatic N) is 1. The van der Waals surface area contributed by atoms with Crippen LogP contribution in [0, 0.1) is 5.82 Å². The minimum Gasteiger partial charge on any atom is -0.484 e. The normalized spacial score (nSPS) is 17.5. The fourth-order valence-electron chi connectivity index (χ4n) is 2.38. The molecule has 1 heterocycles. The summed E-state index contributed by atoms with van der Waals surface area (Å²) in [7, 11) is 0. The Labute approximate surface area is 128 Å². The maximum atomic E-state index is 12.8. The zero-order chi connectivity index (χ0) is 15.4. The Bertz CT molecular complexity index is 630. The fourth-order valence-corrected chi connectivity index (χ4v) is 2.38. The first-order valence-electron chi connectivity index (χ1n) is 7.08. The van der Waals surface area contributed by atoms with Gasteiger partial charge in [-0.15, -0.1) is 0 Å². The van der Waals surface area contributed by atoms with Crippen LogP contribution in [0.15, 0.2) is 54.6 Å². The highest BCUT2D eigenvalue weighted by atomic mass is 19.1. The largest absolute Gasteiger partial charge is 0.484 e. The molecule has 0 radical (unpaired) electrons. The summed E-state index contributed by atoms with van der Waals surface area (Å²) in [4.78, 5) is 14.0. The summed E-state index contributed by atoms with van der Waals surface area (Å²) in [5.41, 5.74) is 0.940. The van der Waals surface area contributed by atoms with Crippen molar-refractivity contribution in [2.75, 3.05) is 19.8 Å². The molecule has 0 saturated carbocycles. The van der Waals surface area contributed by atoms with Crippen LogP contribution in [-0.2, 0) is 9.53 Å². The minimum absolute atomic E-state index is 0.0989. The fraction of sp³-hybridized carbons (Fsp3) is 0.235. The highest BCUT2D eigenvalue weighted by molar-refractivity contribution is 5.78. The summed E-state index contributed by atoms with van der Waals surface area (Å²) >= 11 is 0. The van der Waals surface area contributed by atoms with Crippen molar-refractivity contribution in [2.24, 2.45) is 0 Å². The van der Waals surface area contributed by atoms with Crippen LogP contribution < -0.4 is 4.74 Å². The van der Waals surface area contributed by atoms with E-state index in [1.54, 1.807) is 4.90 Å². The van der Waals surface area contributed by atoms with Crippen molar-refractivity contribution in [3.05, 3.63) is 66.0 Å². The first kappa shape index (κ1) is 14.5. The van der Waals surface area contributed by atoms with Crippen LogP contribution in [0.1, 0.15) is 11.8 Å². The summed E-state index contributed by atoms with van der Waals surface area (Å²) in [6, 6.07) is 15.2. The maximum Gasteiger partial charge on any atom is 0.262 e. The molecule has 1 saturated heterocycles. The Kier molecular flexibility index (Phi) is 4.34. The lowest BCUT2D eigenvalue weighted by Gasteiger charge is -2.23. The molecule has 1 aliphatic heterocycles. The van der Waals surface area contributed by atoms with Gasteiger partial charge >= 0.3 is 0 Å². The molecule has 0 spiro atoms. The van der Waals surface area contributed by atoms with E-state index in [1.165, 1.54) is 24.3 Å². The lowest BCUT2D eigenvalue weighted by atomic mass is 10.2. The Hall–Kier alpha value is -2.40. The molecule has 0 N–H and O–H groups in total. The molecule has 22 heavy (non-hydrogen) atoms. The highest BCUT2D eigenvalue weighted by Gasteiger charge is 2.30. The van der Waals surface area contributed by atoms with Gasteiger partial charge < -0.3 is 14.4 Å². The van der Waals surface area contributed by atoms with Crippen LogP contribution in [0.5, 0.6) is 5.75 Å². The Morgan fingerprint density at radius 3 is 2.64 bits per heavy atom. The van der Waals surface area contributed by atoms with Crippen LogP contribution in [0.3, 0.4) is 0 Å². The van der Waals surface area contributed by atoms with E-state index < -0.39 is 0 Å². The molecule has 0 bridgehead atoms. The van der Waals surface area contributed by atoms with Crippen molar-refractivity contribution >= 4 is 5.91 Å². The molecular formula is C17H16FNO3. The van der Waals surface area contributed by atoms with Crippen molar-refractivity contribution < 1.29 is 18.7 Å². The third-order valence-electron chi connectivity index (χ3n) is 3.47. The van der Waals surface area contributed by atoms with Gasteiger partial charge in [0.25, 0.3) is 5.91 Å². The van der Waals surface area contributed by atoms with E-state index in [4.69, 9.17) is 9.47 Å². The quantitative estimate of drug-likeness (QED) is 0.871. The predicted octanol–water partition coefficient (Wildman–Crippen LogP) is 2.76. The van der Waals surface area contributed by atoms with Crippen molar-refractivity contribution in [2.45, 2.75) is 6.23 Å². The molecule has 2 aromatic rings. The van der Waals surface area contributed by atoms with E-state index >= 15 is 0 Å². The van der Waals surface area contributed by atoms with E-state index in [0.29, 0.717) is 18.9 Å². The van der Waals surface area contributed by atoms with Gasteiger partial charge in [0.15, 0.2) is 12.8 Å². The maximum absolute atomic E-state index is 12.8. The summed E-state index contributed by atoms with van der Waals surface area (Å²) < 4.78 is 23.9. The summed E-state index contributed by atoms with van der Waals surface area (Å²) in [5.74, 6) is -0.0300. The van der Waals surface area contributed by atoms with Crippen LogP contribution in [0.4, 0.5) is 4.39 Å². The molecule has 2 aromatic carbocycles. The van der Waals surface area contributed by atoms with Crippen LogP contribution in [-0.4, -0.2) is 30.6 Å². The number of hydrogen-bond acceptors (Lipinski definition) is 3. The summed E-state index contributed by atoms with van der Waals surface area (Å²) in [5, 5.41) is 0. The van der Waals surface area contributed by atoms with E-state index in [-0.39, 0.29) is 24.6 Å². The van der Waals surface area contributed by atoms with Crippen molar-refractivity contribution in [1.82, 2.24) is 4.90 Å². The number of rotatable bonds is 4. The van der Waals surface area contributed by atoms with E-state index in [9.17, 15) is 9.18 Å². The topological polar surface area (TPSA) is 38.8 Å². The van der Waals surface area contributed by atoms with Gasteiger partial charge in [-0.1, -0.05) is 30.3 Å². The monoisotopic (exact) mass is 301 g/mol. The third-order valence-corrected chi connectivity index (χ3v) is 3.47. The molecule has 114 valence electrons. The van der Waals surface area contributed by atoms with Gasteiger partial charge in [-0.05, 0) is 24.3 Å². The lowest BCUT2D eigenvalue weighted by Crippen LogP contribution is -2.34. The van der Waals surface area contributed by atoms with E-state index in [1.807, 2.05) is 30.3 Å². The lowest BCUT2D eigenvalue weighted by molar-refractivity contribution is -0.138. The van der Waals surface area contributed by atoms with Crippen molar-refractivity contribution in [3.63, 3.8) is 0 Å². The molecular weight excluding hydrogens is 285 g/mol. The van der Waals surface area contributed by atoms with Crippen LogP contribution >= 0.6 is 0 Å². The van der Waals surface area contributed by atoms with Gasteiger partial charge in [-0.2, -0.15) is 0 Å². The number of carbonyl (C=O) groups is 1. The smallest absolute Gasteiger partial charge is 0.262 e. The first-order chi connectivity index (χ1) is 10.7. The number of amides is 1. The molecule has 0 aliphatic carbocycles. The van der Waals surface area contributed by atoms with Gasteiger partial charge in [0, 0.05) is 12.1 Å². The summed E-state index contributed by atoms with van der Waals surface area (Å²) in [6.45, 7) is 0.936. The molecule has 5 heteroatoms. The number of halogens is 1. The van der Waals surface area contributed by atoms with Gasteiger partial charge in [0.1, 0.15) is 11.6 Å². The van der Waals surface area contributed by atoms with Crippen LogP contribution in [0.2, 0.25) is 0 Å². The second-order valence-corrected chi connectivity index (χ2v) is 4.96. The molecule has 0 aromatic heterocycles. The zero-order valence-corrected chi connectivity index (χ0v) is 11.9. The number of hydrogen-bond donors (Lipinski definition) is 0. The van der Waals surface area contributed by atoms with Gasteiger partial charge in [-0.25, -0.2) is 4.39 Å². The number of benzene rings is 2. The Morgan fingerprint density at radius 1 is 1.18 bits per heavy atom. The van der Waals surface area contributed by atoms with E-state index in [0.717, 1.165) is 5.56 Å². The summed E-state index contributed by atoms with van der Waals surface area (Å²) in [6.07, 6.45) is -0.370. The van der Waals surface area contributed by atoms with Crippen molar-refractivity contribution in [3.8, 4) is 5.75 Å². The standard InChI is InChI=1S/C17H16FNO3/c18-14-6-8-15(9-7-14)22-12-16(20)19-10-11-21-17(19)13-4-2-1-3-5-13/h1-9,17H,10-12H2. The molecule has 3 rings (SSSR count). The van der Waals surface area contributed by atoms with Crippen molar-refractivity contribution in [1.29, 1.82) is 0 Å². The number of ether oxygens (including phenoxy) is 2. The molecule has 1 amide bonds. The second kappa shape index (κ2) is 6.58. The molecule has 1 atom stereocenters. The van der Waals surface area contributed by atoms with Gasteiger partial charge in [-0.3, -0.25) is 4.79 Å². The molecule has 4 nitrogen and oxygen atoms in total. The highest BCUT2D eigenvalue weighted by Crippen LogP contribution is 2.26. The zero-order valence-electron chi connectivity index (χ0n) is 11.9. The van der Waals surface area contributed by atoms with Gasteiger partial charge in [0.2, 0.25) is 0 Å². The SMILES string of the molecule is O=C(COc1ccc(F)cc1)N1CCOC1c1ccccc1. The van der Waals surface area contributed by atoms with E-state index in [2.05, 4.69) is 0 Å². The number of carbonyl (C=O) groups excluding carboxylic acids is 1. The van der Waals surface area contributed by atoms with Gasteiger partial charge in [0.05, 0.1) is 6.61 Å². The second-order valence-electron chi connectivity index (χ2n) is 4.96. The Balaban J connectivity index is 1.62. The third kappa shape index (κ3) is 3.26. The minimum atomic E-state index is -0.370. The first-order valence-corrected chi connectivity index (χ1v) is 7.08. The molecule has 1 unspecified atom stereocenters. The molecule has 1 fully saturated rings. The average Bonchev–Trinajstić information content (AvgIpc) is 3.04.